The number of nitrogens with zero attached hydrogens (tertiary/aromatic N) is 2. The van der Waals surface area contributed by atoms with Crippen LogP contribution in [0.2, 0.25) is 5.02 Å². The molecular formula is C28H26ClN3O4. The van der Waals surface area contributed by atoms with E-state index in [4.69, 9.17) is 21.1 Å². The number of hydrogen-bond donors (Lipinski definition) is 2. The van der Waals surface area contributed by atoms with Crippen LogP contribution in [0.1, 0.15) is 45.7 Å². The van der Waals surface area contributed by atoms with Crippen molar-refractivity contribution in [1.29, 1.82) is 0 Å². The molecule has 1 aliphatic heterocycles. The number of phenols is 1. The number of rotatable bonds is 7. The van der Waals surface area contributed by atoms with Crippen molar-refractivity contribution in [3.63, 3.8) is 0 Å². The zero-order valence-corrected chi connectivity index (χ0v) is 21.0. The highest BCUT2D eigenvalue weighted by molar-refractivity contribution is 6.31. The van der Waals surface area contributed by atoms with Gasteiger partial charge in [0.15, 0.2) is 11.5 Å². The highest BCUT2D eigenvalue weighted by Crippen LogP contribution is 2.46. The molecule has 2 heterocycles. The minimum absolute atomic E-state index is 0.0288. The van der Waals surface area contributed by atoms with Crippen LogP contribution < -0.4 is 9.47 Å². The van der Waals surface area contributed by atoms with Gasteiger partial charge >= 0.3 is 0 Å². The first-order valence-corrected chi connectivity index (χ1v) is 12.0. The number of aromatic hydroxyl groups is 1. The number of phenolic OH excluding ortho intramolecular Hbond substituents is 1. The largest absolute Gasteiger partial charge is 0.507 e. The summed E-state index contributed by atoms with van der Waals surface area (Å²) in [5.74, 6) is 1.05. The first kappa shape index (κ1) is 23.8. The van der Waals surface area contributed by atoms with Crippen LogP contribution in [-0.2, 0) is 6.54 Å². The molecule has 1 aromatic heterocycles. The van der Waals surface area contributed by atoms with Gasteiger partial charge in [-0.3, -0.25) is 9.89 Å². The Kier molecular flexibility index (Phi) is 6.33. The molecular weight excluding hydrogens is 478 g/mol. The summed E-state index contributed by atoms with van der Waals surface area (Å²) in [6, 6.07) is 18.1. The number of aryl methyl sites for hydroxylation is 1. The van der Waals surface area contributed by atoms with Gasteiger partial charge in [0.25, 0.3) is 5.91 Å². The fourth-order valence-electron chi connectivity index (χ4n) is 4.63. The number of aromatic amines is 1. The fraction of sp³-hybridized carbons (Fsp3) is 0.214. The molecule has 1 aliphatic rings. The van der Waals surface area contributed by atoms with E-state index in [1.165, 1.54) is 6.07 Å². The summed E-state index contributed by atoms with van der Waals surface area (Å²) in [4.78, 5) is 15.5. The van der Waals surface area contributed by atoms with Crippen LogP contribution in [0.25, 0.3) is 11.3 Å². The van der Waals surface area contributed by atoms with E-state index in [0.717, 1.165) is 16.7 Å². The first-order valence-electron chi connectivity index (χ1n) is 11.7. The van der Waals surface area contributed by atoms with Gasteiger partial charge in [-0.2, -0.15) is 5.10 Å². The molecule has 36 heavy (non-hydrogen) atoms. The van der Waals surface area contributed by atoms with Gasteiger partial charge in [0.05, 0.1) is 19.8 Å². The van der Waals surface area contributed by atoms with Crippen LogP contribution in [0.4, 0.5) is 0 Å². The molecule has 1 atom stereocenters. The van der Waals surface area contributed by atoms with E-state index in [0.29, 0.717) is 52.2 Å². The lowest BCUT2D eigenvalue weighted by atomic mass is 9.95. The van der Waals surface area contributed by atoms with Gasteiger partial charge in [-0.1, -0.05) is 47.5 Å². The van der Waals surface area contributed by atoms with Gasteiger partial charge in [0.2, 0.25) is 0 Å². The molecule has 0 fully saturated rings. The molecule has 4 aromatic rings. The average molecular weight is 504 g/mol. The second kappa shape index (κ2) is 9.59. The average Bonchev–Trinajstić information content (AvgIpc) is 3.41. The summed E-state index contributed by atoms with van der Waals surface area (Å²) in [5.41, 5.74) is 4.97. The highest BCUT2D eigenvalue weighted by Gasteiger charge is 2.42. The number of methoxy groups -OCH3 is 1. The monoisotopic (exact) mass is 503 g/mol. The zero-order chi connectivity index (χ0) is 25.4. The topological polar surface area (TPSA) is 87.7 Å². The second-order valence-corrected chi connectivity index (χ2v) is 9.12. The van der Waals surface area contributed by atoms with E-state index < -0.39 is 6.04 Å². The van der Waals surface area contributed by atoms with E-state index in [2.05, 4.69) is 10.2 Å². The molecule has 7 nitrogen and oxygen atoms in total. The van der Waals surface area contributed by atoms with E-state index in [-0.39, 0.29) is 11.7 Å². The van der Waals surface area contributed by atoms with Crippen molar-refractivity contribution < 1.29 is 19.4 Å². The Balaban J connectivity index is 1.67. The molecule has 2 N–H and O–H groups in total. The van der Waals surface area contributed by atoms with Crippen LogP contribution in [0.15, 0.2) is 60.7 Å². The van der Waals surface area contributed by atoms with Gasteiger partial charge in [-0.15, -0.1) is 0 Å². The van der Waals surface area contributed by atoms with Gasteiger partial charge in [0, 0.05) is 22.7 Å². The van der Waals surface area contributed by atoms with Crippen molar-refractivity contribution in [2.24, 2.45) is 0 Å². The van der Waals surface area contributed by atoms with Crippen molar-refractivity contribution in [2.75, 3.05) is 13.7 Å². The minimum Gasteiger partial charge on any atom is -0.507 e. The molecule has 0 saturated heterocycles. The third-order valence-electron chi connectivity index (χ3n) is 6.35. The maximum atomic E-state index is 13.7. The second-order valence-electron chi connectivity index (χ2n) is 8.69. The fourth-order valence-corrected chi connectivity index (χ4v) is 4.80. The van der Waals surface area contributed by atoms with Crippen molar-refractivity contribution in [1.82, 2.24) is 15.1 Å². The Morgan fingerprint density at radius 1 is 1.08 bits per heavy atom. The predicted octanol–water partition coefficient (Wildman–Crippen LogP) is 5.90. The van der Waals surface area contributed by atoms with Gasteiger partial charge in [-0.05, 0) is 55.3 Å². The molecule has 0 spiro atoms. The van der Waals surface area contributed by atoms with Crippen LogP contribution in [0.5, 0.6) is 17.2 Å². The van der Waals surface area contributed by atoms with E-state index in [1.807, 2.05) is 56.3 Å². The summed E-state index contributed by atoms with van der Waals surface area (Å²) in [6.07, 6.45) is 0. The molecule has 8 heteroatoms. The number of ether oxygens (including phenoxy) is 2. The lowest BCUT2D eigenvalue weighted by Crippen LogP contribution is -2.29. The van der Waals surface area contributed by atoms with E-state index in [1.54, 1.807) is 24.1 Å². The first-order chi connectivity index (χ1) is 17.4. The Bertz CT molecular complexity index is 1430. The molecule has 1 unspecified atom stereocenters. The third-order valence-corrected chi connectivity index (χ3v) is 6.59. The number of carbonyl (C=O) groups excluding carboxylic acids is 1. The number of fused-ring (bicyclic) bond motifs is 1. The predicted molar refractivity (Wildman–Crippen MR) is 138 cm³/mol. The molecule has 3 aromatic carbocycles. The van der Waals surface area contributed by atoms with Crippen LogP contribution in [0.3, 0.4) is 0 Å². The molecule has 0 radical (unpaired) electrons. The Hall–Kier alpha value is -3.97. The van der Waals surface area contributed by atoms with E-state index in [9.17, 15) is 9.90 Å². The number of halogens is 1. The molecule has 0 aliphatic carbocycles. The van der Waals surface area contributed by atoms with Crippen LogP contribution in [0, 0.1) is 6.92 Å². The molecule has 5 rings (SSSR count). The maximum absolute atomic E-state index is 13.7. The lowest BCUT2D eigenvalue weighted by Gasteiger charge is -2.27. The Labute approximate surface area is 214 Å². The van der Waals surface area contributed by atoms with Crippen molar-refractivity contribution >= 4 is 17.5 Å². The third kappa shape index (κ3) is 4.16. The van der Waals surface area contributed by atoms with Gasteiger partial charge < -0.3 is 19.5 Å². The zero-order valence-electron chi connectivity index (χ0n) is 20.2. The smallest absolute Gasteiger partial charge is 0.273 e. The Morgan fingerprint density at radius 2 is 1.86 bits per heavy atom. The summed E-state index contributed by atoms with van der Waals surface area (Å²) in [6.45, 7) is 4.83. The summed E-state index contributed by atoms with van der Waals surface area (Å²) >= 11 is 6.25. The number of nitrogens with one attached hydrogen (secondary N) is 1. The Morgan fingerprint density at radius 3 is 2.58 bits per heavy atom. The molecule has 0 bridgehead atoms. The van der Waals surface area contributed by atoms with Crippen LogP contribution >= 0.6 is 11.6 Å². The number of aromatic nitrogens is 2. The van der Waals surface area contributed by atoms with Gasteiger partial charge in [-0.25, -0.2) is 0 Å². The number of benzene rings is 3. The van der Waals surface area contributed by atoms with E-state index >= 15 is 0 Å². The normalized spacial score (nSPS) is 14.7. The van der Waals surface area contributed by atoms with Crippen molar-refractivity contribution in [3.8, 4) is 28.5 Å². The van der Waals surface area contributed by atoms with Crippen LogP contribution in [-0.4, -0.2) is 39.8 Å². The molecule has 0 saturated carbocycles. The summed E-state index contributed by atoms with van der Waals surface area (Å²) < 4.78 is 11.3. The molecule has 184 valence electrons. The number of H-pyrrole nitrogens is 1. The quantitative estimate of drug-likeness (QED) is 0.328. The number of amides is 1. The lowest BCUT2D eigenvalue weighted by molar-refractivity contribution is 0.0730. The SMILES string of the molecule is CCOc1ccc(C2c3c(-c4cc(Cl)ccc4O)n[nH]c3C(=O)N2Cc2ccc(C)cc2)cc1OC. The summed E-state index contributed by atoms with van der Waals surface area (Å²) in [5, 5.41) is 18.4. The van der Waals surface area contributed by atoms with Crippen molar-refractivity contribution in [2.45, 2.75) is 26.4 Å². The number of carbonyl (C=O) groups is 1. The highest BCUT2D eigenvalue weighted by atomic mass is 35.5. The number of hydrogen-bond acceptors (Lipinski definition) is 5. The maximum Gasteiger partial charge on any atom is 0.273 e. The van der Waals surface area contributed by atoms with Gasteiger partial charge in [0.1, 0.15) is 17.1 Å². The minimum atomic E-state index is -0.481. The molecule has 1 amide bonds. The van der Waals surface area contributed by atoms with Crippen molar-refractivity contribution in [3.05, 3.63) is 93.6 Å². The standard InChI is InChI=1S/C28H26ClN3O4/c1-4-36-22-12-9-18(13-23(22)35-3)27-24-25(20-14-19(29)10-11-21(20)33)30-31-26(24)28(34)32(27)15-17-7-5-16(2)6-8-17/h5-14,27,33H,4,15H2,1-3H3,(H,30,31). The summed E-state index contributed by atoms with van der Waals surface area (Å²) in [7, 11) is 1.59.